The van der Waals surface area contributed by atoms with Crippen LogP contribution in [0.3, 0.4) is 0 Å². The molecule has 0 aromatic carbocycles. The van der Waals surface area contributed by atoms with Crippen LogP contribution in [0.25, 0.3) is 0 Å². The number of rotatable bonds is 1. The Bertz CT molecular complexity index is 248. The van der Waals surface area contributed by atoms with Gasteiger partial charge in [0.05, 0.1) is 13.2 Å². The van der Waals surface area contributed by atoms with Crippen molar-refractivity contribution in [1.82, 2.24) is 0 Å². The fraction of sp³-hybridized carbons (Fsp3) is 0.800. The monoisotopic (exact) mass is 232 g/mol. The number of Topliss-reactive ketones (excluding diaryl/α,β-unsaturated/α-hetero) is 2. The molecule has 0 spiro atoms. The maximum atomic E-state index is 9.79. The van der Waals surface area contributed by atoms with Gasteiger partial charge in [0.25, 0.3) is 0 Å². The molecule has 2 rings (SSSR count). The maximum Gasteiger partial charge on any atom is 0.195 e. The van der Waals surface area contributed by atoms with Gasteiger partial charge in [0.2, 0.25) is 0 Å². The molecule has 16 heavy (non-hydrogen) atoms. The maximum absolute atomic E-state index is 9.79. The van der Waals surface area contributed by atoms with E-state index in [0.717, 1.165) is 0 Å². The van der Waals surface area contributed by atoms with Crippen molar-refractivity contribution in [2.24, 2.45) is 0 Å². The second kappa shape index (κ2) is 5.49. The first-order chi connectivity index (χ1) is 7.43. The molecule has 2 heterocycles. The van der Waals surface area contributed by atoms with E-state index in [-0.39, 0.29) is 37.0 Å². The number of carbonyl (C=O) groups excluding carboxylic acids is 2. The molecule has 2 aliphatic heterocycles. The number of aliphatic hydroxyl groups excluding tert-OH is 2. The number of hydrogen-bond donors (Lipinski definition) is 2. The first-order valence-electron chi connectivity index (χ1n) is 5.04. The summed E-state index contributed by atoms with van der Waals surface area (Å²) >= 11 is 0. The average molecular weight is 232 g/mol. The van der Waals surface area contributed by atoms with Gasteiger partial charge in [-0.25, -0.2) is 0 Å². The minimum Gasteiger partial charge on any atom is -0.388 e. The summed E-state index contributed by atoms with van der Waals surface area (Å²) in [5.74, 6) is -0.759. The van der Waals surface area contributed by atoms with Crippen molar-refractivity contribution in [3.05, 3.63) is 0 Å². The Labute approximate surface area is 93.2 Å². The van der Waals surface area contributed by atoms with Crippen LogP contribution in [0, 0.1) is 0 Å². The highest BCUT2D eigenvalue weighted by Gasteiger charge is 2.46. The Kier molecular flexibility index (Phi) is 4.55. The van der Waals surface area contributed by atoms with Gasteiger partial charge in [0.15, 0.2) is 11.6 Å². The Morgan fingerprint density at radius 2 is 1.25 bits per heavy atom. The van der Waals surface area contributed by atoms with Crippen LogP contribution in [0.15, 0.2) is 0 Å². The second-order valence-electron chi connectivity index (χ2n) is 3.84. The van der Waals surface area contributed by atoms with Crippen LogP contribution in [-0.2, 0) is 19.1 Å². The van der Waals surface area contributed by atoms with Gasteiger partial charge in [-0.05, 0) is 0 Å². The van der Waals surface area contributed by atoms with E-state index in [1.54, 1.807) is 0 Å². The largest absolute Gasteiger partial charge is 0.388 e. The molecule has 0 bridgehead atoms. The highest BCUT2D eigenvalue weighted by atomic mass is 16.6. The fourth-order valence-corrected chi connectivity index (χ4v) is 1.46. The zero-order valence-corrected chi connectivity index (χ0v) is 9.25. The molecule has 4 atom stereocenters. The predicted octanol–water partition coefficient (Wildman–Crippen LogP) is -1.33. The molecule has 0 aromatic heterocycles. The van der Waals surface area contributed by atoms with E-state index in [1.807, 2.05) is 0 Å². The summed E-state index contributed by atoms with van der Waals surface area (Å²) < 4.78 is 10.2. The van der Waals surface area contributed by atoms with Gasteiger partial charge < -0.3 is 19.7 Å². The molecule has 0 amide bonds. The Morgan fingerprint density at radius 1 is 0.938 bits per heavy atom. The Hall–Kier alpha value is -0.820. The van der Waals surface area contributed by atoms with Gasteiger partial charge in [0, 0.05) is 13.8 Å². The van der Waals surface area contributed by atoms with Crippen LogP contribution >= 0.6 is 0 Å². The fourth-order valence-electron chi connectivity index (χ4n) is 1.46. The molecule has 2 fully saturated rings. The molecule has 6 heteroatoms. The first kappa shape index (κ1) is 13.2. The van der Waals surface area contributed by atoms with Crippen molar-refractivity contribution in [3.8, 4) is 0 Å². The summed E-state index contributed by atoms with van der Waals surface area (Å²) in [5, 5.41) is 18.3. The van der Waals surface area contributed by atoms with E-state index in [4.69, 9.17) is 19.7 Å². The highest BCUT2D eigenvalue weighted by molar-refractivity contribution is 6.35. The molecule has 0 saturated carbocycles. The number of ether oxygens (including phenoxy) is 2. The normalized spacial score (nSPS) is 36.2. The lowest BCUT2D eigenvalue weighted by atomic mass is 10.1. The zero-order chi connectivity index (χ0) is 12.3. The van der Waals surface area contributed by atoms with E-state index in [2.05, 4.69) is 0 Å². The summed E-state index contributed by atoms with van der Waals surface area (Å²) in [6.07, 6.45) is -1.70. The van der Waals surface area contributed by atoms with Crippen molar-refractivity contribution in [1.29, 1.82) is 0 Å². The van der Waals surface area contributed by atoms with Gasteiger partial charge in [0.1, 0.15) is 24.4 Å². The SMILES string of the molecule is CC(=O)C(C)=O.O[C@@H]1CO[C@H]2[C@@H]1OC[C@@H]2O. The van der Waals surface area contributed by atoms with E-state index in [9.17, 15) is 9.59 Å². The third-order valence-electron chi connectivity index (χ3n) is 2.50. The van der Waals surface area contributed by atoms with Crippen molar-refractivity contribution in [2.75, 3.05) is 13.2 Å². The van der Waals surface area contributed by atoms with Crippen molar-refractivity contribution >= 4 is 11.6 Å². The number of fused-ring (bicyclic) bond motifs is 1. The topological polar surface area (TPSA) is 93.1 Å². The van der Waals surface area contributed by atoms with Crippen molar-refractivity contribution in [3.63, 3.8) is 0 Å². The van der Waals surface area contributed by atoms with E-state index >= 15 is 0 Å². The van der Waals surface area contributed by atoms with E-state index in [0.29, 0.717) is 0 Å². The molecule has 6 nitrogen and oxygen atoms in total. The van der Waals surface area contributed by atoms with Crippen LogP contribution in [0.2, 0.25) is 0 Å². The lowest BCUT2D eigenvalue weighted by Crippen LogP contribution is -2.30. The smallest absolute Gasteiger partial charge is 0.195 e. The second-order valence-corrected chi connectivity index (χ2v) is 3.84. The zero-order valence-electron chi connectivity index (χ0n) is 9.25. The molecule has 2 N–H and O–H groups in total. The lowest BCUT2D eigenvalue weighted by molar-refractivity contribution is -0.134. The summed E-state index contributed by atoms with van der Waals surface area (Å²) in [5.41, 5.74) is 0. The molecular weight excluding hydrogens is 216 g/mol. The molecule has 0 unspecified atom stereocenters. The molecule has 92 valence electrons. The minimum absolute atomic E-state index is 0.284. The molecule has 2 saturated heterocycles. The van der Waals surface area contributed by atoms with Gasteiger partial charge >= 0.3 is 0 Å². The molecule has 2 aliphatic rings. The number of carbonyl (C=O) groups is 2. The van der Waals surface area contributed by atoms with Gasteiger partial charge in [-0.3, -0.25) is 9.59 Å². The van der Waals surface area contributed by atoms with Gasteiger partial charge in [-0.2, -0.15) is 0 Å². The molecular formula is C10H16O6. The summed E-state index contributed by atoms with van der Waals surface area (Å²) in [6.45, 7) is 3.07. The van der Waals surface area contributed by atoms with Crippen LogP contribution < -0.4 is 0 Å². The third kappa shape index (κ3) is 3.08. The molecule has 0 radical (unpaired) electrons. The Morgan fingerprint density at radius 3 is 1.50 bits per heavy atom. The Balaban J connectivity index is 0.000000187. The van der Waals surface area contributed by atoms with Crippen LogP contribution in [0.1, 0.15) is 13.8 Å². The summed E-state index contributed by atoms with van der Waals surface area (Å²) in [4.78, 5) is 19.6. The van der Waals surface area contributed by atoms with E-state index in [1.165, 1.54) is 13.8 Å². The first-order valence-corrected chi connectivity index (χ1v) is 5.04. The molecule has 0 aromatic rings. The van der Waals surface area contributed by atoms with Crippen molar-refractivity contribution < 1.29 is 29.3 Å². The van der Waals surface area contributed by atoms with E-state index < -0.39 is 12.2 Å². The summed E-state index contributed by atoms with van der Waals surface area (Å²) in [7, 11) is 0. The number of hydrogen-bond acceptors (Lipinski definition) is 6. The van der Waals surface area contributed by atoms with Crippen LogP contribution in [0.4, 0.5) is 0 Å². The minimum atomic E-state index is -0.554. The van der Waals surface area contributed by atoms with Gasteiger partial charge in [-0.1, -0.05) is 0 Å². The third-order valence-corrected chi connectivity index (χ3v) is 2.50. The van der Waals surface area contributed by atoms with Gasteiger partial charge in [-0.15, -0.1) is 0 Å². The predicted molar refractivity (Wildman–Crippen MR) is 52.9 cm³/mol. The summed E-state index contributed by atoms with van der Waals surface area (Å²) in [6, 6.07) is 0. The lowest BCUT2D eigenvalue weighted by Gasteiger charge is -2.09. The quantitative estimate of drug-likeness (QED) is 0.544. The standard InChI is InChI=1S/C6H10O4.C4H6O2/c7-3-1-9-6-4(8)2-10-5(3)6;1-3(5)4(2)6/h3-8H,1-2H2;1-2H3/t3-,4+,5-,6-;/m1./s1. The van der Waals surface area contributed by atoms with Crippen molar-refractivity contribution in [2.45, 2.75) is 38.3 Å². The highest BCUT2D eigenvalue weighted by Crippen LogP contribution is 2.26. The molecule has 0 aliphatic carbocycles. The number of aliphatic hydroxyl groups is 2. The van der Waals surface area contributed by atoms with Crippen LogP contribution in [0.5, 0.6) is 0 Å². The van der Waals surface area contributed by atoms with Crippen LogP contribution in [-0.4, -0.2) is 59.4 Å². The average Bonchev–Trinajstić information content (AvgIpc) is 2.73. The number of ketones is 2.